The minimum Gasteiger partial charge on any atom is -0.493 e. The zero-order chi connectivity index (χ0) is 23.7. The number of anilines is 2. The second-order valence-electron chi connectivity index (χ2n) is 7.33. The highest BCUT2D eigenvalue weighted by molar-refractivity contribution is 6.46. The molecule has 3 aromatic carbocycles. The van der Waals surface area contributed by atoms with E-state index < -0.39 is 17.6 Å². The first kappa shape index (κ1) is 22.4. The van der Waals surface area contributed by atoms with Gasteiger partial charge in [0.25, 0.3) is 11.8 Å². The number of ether oxygens (including phenoxy) is 2. The molecule has 3 aromatic rings. The summed E-state index contributed by atoms with van der Waals surface area (Å²) >= 11 is 6.06. The van der Waals surface area contributed by atoms with Gasteiger partial charge in [0.2, 0.25) is 0 Å². The first-order valence-electron chi connectivity index (χ1n) is 9.98. The summed E-state index contributed by atoms with van der Waals surface area (Å²) in [5, 5.41) is 3.63. The molecular formula is C25H20ClFN2O4. The highest BCUT2D eigenvalue weighted by Crippen LogP contribution is 2.38. The van der Waals surface area contributed by atoms with Gasteiger partial charge in [-0.2, -0.15) is 0 Å². The van der Waals surface area contributed by atoms with E-state index >= 15 is 0 Å². The molecule has 0 bridgehead atoms. The predicted molar refractivity (Wildman–Crippen MR) is 125 cm³/mol. The van der Waals surface area contributed by atoms with E-state index in [1.807, 2.05) is 6.92 Å². The number of carbonyl (C=O) groups is 2. The molecule has 0 saturated heterocycles. The van der Waals surface area contributed by atoms with E-state index in [0.717, 1.165) is 16.5 Å². The average Bonchev–Trinajstić information content (AvgIpc) is 3.04. The van der Waals surface area contributed by atoms with Gasteiger partial charge in [0.15, 0.2) is 11.5 Å². The second kappa shape index (κ2) is 8.96. The molecule has 8 heteroatoms. The number of imide groups is 1. The van der Waals surface area contributed by atoms with E-state index in [4.69, 9.17) is 21.1 Å². The molecule has 0 spiro atoms. The molecule has 1 heterocycles. The van der Waals surface area contributed by atoms with Crippen LogP contribution < -0.4 is 19.7 Å². The van der Waals surface area contributed by atoms with Crippen molar-refractivity contribution in [3.05, 3.63) is 88.3 Å². The molecule has 1 aliphatic rings. The molecule has 0 aliphatic carbocycles. The predicted octanol–water partition coefficient (Wildman–Crippen LogP) is 5.20. The number of carbonyl (C=O) groups excluding carboxylic acids is 2. The van der Waals surface area contributed by atoms with Gasteiger partial charge in [-0.15, -0.1) is 0 Å². The standard InChI is InChI=1S/C25H20ClFN2O4/c1-14-11-16(26)8-9-19(14)28-23-22(15-7-10-20(32-2)21(12-15)33-3)24(30)29(25(23)31)18-6-4-5-17(27)13-18/h4-13,28H,1-3H3. The molecule has 0 saturated carbocycles. The van der Waals surface area contributed by atoms with Gasteiger partial charge >= 0.3 is 0 Å². The Morgan fingerprint density at radius 3 is 2.33 bits per heavy atom. The molecule has 0 radical (unpaired) electrons. The smallest absolute Gasteiger partial charge is 0.282 e. The van der Waals surface area contributed by atoms with Crippen molar-refractivity contribution in [2.24, 2.45) is 0 Å². The molecule has 0 fully saturated rings. The van der Waals surface area contributed by atoms with Gasteiger partial charge in [-0.1, -0.05) is 23.7 Å². The van der Waals surface area contributed by atoms with Crippen LogP contribution in [0, 0.1) is 12.7 Å². The lowest BCUT2D eigenvalue weighted by molar-refractivity contribution is -0.120. The van der Waals surface area contributed by atoms with Crippen LogP contribution in [-0.4, -0.2) is 26.0 Å². The summed E-state index contributed by atoms with van der Waals surface area (Å²) in [6.07, 6.45) is 0. The summed E-state index contributed by atoms with van der Waals surface area (Å²) in [4.78, 5) is 27.9. The number of hydrogen-bond acceptors (Lipinski definition) is 5. The first-order chi connectivity index (χ1) is 15.8. The van der Waals surface area contributed by atoms with Gasteiger partial charge in [-0.3, -0.25) is 9.59 Å². The average molecular weight is 467 g/mol. The maximum Gasteiger partial charge on any atom is 0.282 e. The highest BCUT2D eigenvalue weighted by atomic mass is 35.5. The van der Waals surface area contributed by atoms with Gasteiger partial charge in [-0.25, -0.2) is 9.29 Å². The third-order valence-corrected chi connectivity index (χ3v) is 5.51. The zero-order valence-corrected chi connectivity index (χ0v) is 18.9. The summed E-state index contributed by atoms with van der Waals surface area (Å²) in [7, 11) is 2.98. The number of nitrogens with zero attached hydrogens (tertiary/aromatic N) is 1. The van der Waals surface area contributed by atoms with Crippen molar-refractivity contribution in [2.45, 2.75) is 6.92 Å². The number of nitrogens with one attached hydrogen (secondary N) is 1. The Bertz CT molecular complexity index is 1310. The fourth-order valence-corrected chi connectivity index (χ4v) is 3.88. The number of rotatable bonds is 6. The van der Waals surface area contributed by atoms with Crippen LogP contribution >= 0.6 is 11.6 Å². The van der Waals surface area contributed by atoms with Crippen LogP contribution in [0.1, 0.15) is 11.1 Å². The van der Waals surface area contributed by atoms with E-state index in [9.17, 15) is 14.0 Å². The number of amides is 2. The lowest BCUT2D eigenvalue weighted by atomic mass is 10.0. The minimum atomic E-state index is -0.607. The van der Waals surface area contributed by atoms with Gasteiger partial charge in [0.05, 0.1) is 25.5 Å². The van der Waals surface area contributed by atoms with Crippen molar-refractivity contribution in [1.82, 2.24) is 0 Å². The molecule has 2 amide bonds. The highest BCUT2D eigenvalue weighted by Gasteiger charge is 2.40. The first-order valence-corrected chi connectivity index (χ1v) is 10.4. The van der Waals surface area contributed by atoms with E-state index in [1.54, 1.807) is 36.4 Å². The van der Waals surface area contributed by atoms with Crippen LogP contribution in [0.4, 0.5) is 15.8 Å². The van der Waals surface area contributed by atoms with Crippen LogP contribution in [0.15, 0.2) is 66.4 Å². The Morgan fingerprint density at radius 1 is 0.909 bits per heavy atom. The normalized spacial score (nSPS) is 13.5. The SMILES string of the molecule is COc1ccc(C2=C(Nc3ccc(Cl)cc3C)C(=O)N(c3cccc(F)c3)C2=O)cc1OC. The van der Waals surface area contributed by atoms with Crippen molar-refractivity contribution < 1.29 is 23.5 Å². The summed E-state index contributed by atoms with van der Waals surface area (Å²) in [5.74, 6) is -0.884. The maximum atomic E-state index is 13.9. The number of benzene rings is 3. The third kappa shape index (κ3) is 4.15. The quantitative estimate of drug-likeness (QED) is 0.506. The monoisotopic (exact) mass is 466 g/mol. The molecule has 6 nitrogen and oxygen atoms in total. The van der Waals surface area contributed by atoms with E-state index in [2.05, 4.69) is 5.32 Å². The van der Waals surface area contributed by atoms with E-state index in [1.165, 1.54) is 32.4 Å². The van der Waals surface area contributed by atoms with Crippen LogP contribution in [0.5, 0.6) is 11.5 Å². The van der Waals surface area contributed by atoms with Gasteiger partial charge < -0.3 is 14.8 Å². The Hall–Kier alpha value is -3.84. The number of hydrogen-bond donors (Lipinski definition) is 1. The fourth-order valence-electron chi connectivity index (χ4n) is 3.66. The maximum absolute atomic E-state index is 13.9. The summed E-state index contributed by atoms with van der Waals surface area (Å²) in [6, 6.07) is 15.4. The molecular weight excluding hydrogens is 447 g/mol. The second-order valence-corrected chi connectivity index (χ2v) is 7.77. The van der Waals surface area contributed by atoms with Crippen LogP contribution in [0.2, 0.25) is 5.02 Å². The summed E-state index contributed by atoms with van der Waals surface area (Å²) in [6.45, 7) is 1.83. The van der Waals surface area contributed by atoms with Gasteiger partial charge in [0.1, 0.15) is 11.5 Å². The molecule has 4 rings (SSSR count). The number of halogens is 2. The third-order valence-electron chi connectivity index (χ3n) is 5.27. The Morgan fingerprint density at radius 2 is 1.67 bits per heavy atom. The molecule has 1 aliphatic heterocycles. The van der Waals surface area contributed by atoms with E-state index in [-0.39, 0.29) is 17.0 Å². The molecule has 1 N–H and O–H groups in total. The Labute approximate surface area is 195 Å². The zero-order valence-electron chi connectivity index (χ0n) is 18.1. The Kier molecular flexibility index (Phi) is 6.07. The molecule has 0 atom stereocenters. The molecule has 0 unspecified atom stereocenters. The molecule has 33 heavy (non-hydrogen) atoms. The fraction of sp³-hybridized carbons (Fsp3) is 0.120. The van der Waals surface area contributed by atoms with Gasteiger partial charge in [0, 0.05) is 10.7 Å². The van der Waals surface area contributed by atoms with Crippen LogP contribution in [0.25, 0.3) is 5.57 Å². The molecule has 168 valence electrons. The van der Waals surface area contributed by atoms with Crippen LogP contribution in [0.3, 0.4) is 0 Å². The van der Waals surface area contributed by atoms with Crippen molar-refractivity contribution in [1.29, 1.82) is 0 Å². The van der Waals surface area contributed by atoms with Crippen LogP contribution in [-0.2, 0) is 9.59 Å². The van der Waals surface area contributed by atoms with Crippen molar-refractivity contribution >= 4 is 40.4 Å². The van der Waals surface area contributed by atoms with Crippen molar-refractivity contribution in [2.75, 3.05) is 24.4 Å². The lowest BCUT2D eigenvalue weighted by Crippen LogP contribution is -2.32. The summed E-state index contributed by atoms with van der Waals surface area (Å²) in [5.41, 5.74) is 2.15. The topological polar surface area (TPSA) is 67.9 Å². The van der Waals surface area contributed by atoms with Gasteiger partial charge in [-0.05, 0) is 66.6 Å². The number of aryl methyl sites for hydroxylation is 1. The number of methoxy groups -OCH3 is 2. The summed E-state index contributed by atoms with van der Waals surface area (Å²) < 4.78 is 24.5. The molecule has 0 aromatic heterocycles. The lowest BCUT2D eigenvalue weighted by Gasteiger charge is -2.16. The van der Waals surface area contributed by atoms with E-state index in [0.29, 0.717) is 27.8 Å². The Balaban J connectivity index is 1.87. The minimum absolute atomic E-state index is 0.0573. The van der Waals surface area contributed by atoms with Crippen molar-refractivity contribution in [3.8, 4) is 11.5 Å². The largest absolute Gasteiger partial charge is 0.493 e. The van der Waals surface area contributed by atoms with Crippen molar-refractivity contribution in [3.63, 3.8) is 0 Å².